The van der Waals surface area contributed by atoms with Crippen LogP contribution in [-0.4, -0.2) is 84.0 Å². The lowest BCUT2D eigenvalue weighted by Gasteiger charge is -2.44. The Balaban J connectivity index is 1.36. The van der Waals surface area contributed by atoms with Crippen molar-refractivity contribution in [3.05, 3.63) is 53.1 Å². The van der Waals surface area contributed by atoms with E-state index in [1.807, 2.05) is 0 Å². The van der Waals surface area contributed by atoms with E-state index in [-0.39, 0.29) is 16.9 Å². The Bertz CT molecular complexity index is 1390. The molecule has 2 aliphatic heterocycles. The number of pyridine rings is 1. The Morgan fingerprint density at radius 2 is 1.90 bits per heavy atom. The zero-order chi connectivity index (χ0) is 29.5. The molecule has 1 aromatic carbocycles. The molecule has 2 saturated heterocycles. The number of piperazine rings is 1. The first kappa shape index (κ1) is 29.1. The van der Waals surface area contributed by atoms with E-state index in [4.69, 9.17) is 5.26 Å². The van der Waals surface area contributed by atoms with E-state index in [2.05, 4.69) is 39.8 Å². The lowest BCUT2D eigenvalue weighted by Crippen LogP contribution is -2.55. The number of aromatic nitrogens is 1. The van der Waals surface area contributed by atoms with Crippen molar-refractivity contribution in [3.63, 3.8) is 0 Å². The summed E-state index contributed by atoms with van der Waals surface area (Å²) >= 11 is 4.57. The molecule has 0 radical (unpaired) electrons. The van der Waals surface area contributed by atoms with Gasteiger partial charge in [0.25, 0.3) is 11.8 Å². The number of hydrogen-bond donors (Lipinski definition) is 2. The van der Waals surface area contributed by atoms with Gasteiger partial charge in [0.15, 0.2) is 11.2 Å². The molecule has 2 amide bonds. The van der Waals surface area contributed by atoms with Gasteiger partial charge in [-0.05, 0) is 50.6 Å². The van der Waals surface area contributed by atoms with Gasteiger partial charge in [-0.25, -0.2) is 9.37 Å². The summed E-state index contributed by atoms with van der Waals surface area (Å²) in [6, 6.07) is 6.12. The van der Waals surface area contributed by atoms with Gasteiger partial charge in [0, 0.05) is 45.0 Å². The summed E-state index contributed by atoms with van der Waals surface area (Å²) in [6.45, 7) is 4.68. The second-order valence-electron chi connectivity index (χ2n) is 10.5. The zero-order valence-electron chi connectivity index (χ0n) is 22.3. The van der Waals surface area contributed by atoms with Crippen molar-refractivity contribution in [1.29, 1.82) is 5.26 Å². The highest BCUT2D eigenvalue weighted by Crippen LogP contribution is 2.50. The second-order valence-corrected chi connectivity index (χ2v) is 11.0. The van der Waals surface area contributed by atoms with E-state index < -0.39 is 46.1 Å². The first-order chi connectivity index (χ1) is 19.5. The van der Waals surface area contributed by atoms with Gasteiger partial charge in [0.05, 0.1) is 23.0 Å². The molecule has 0 bridgehead atoms. The van der Waals surface area contributed by atoms with Crippen molar-refractivity contribution in [2.24, 2.45) is 0 Å². The summed E-state index contributed by atoms with van der Waals surface area (Å²) in [7, 11) is 2.05. The van der Waals surface area contributed by atoms with Crippen LogP contribution in [0.5, 0.6) is 0 Å². The van der Waals surface area contributed by atoms with Gasteiger partial charge in [0.2, 0.25) is 0 Å². The number of benzene rings is 1. The molecule has 2 aromatic rings. The van der Waals surface area contributed by atoms with Gasteiger partial charge in [-0.1, -0.05) is 0 Å². The number of likely N-dealkylation sites (N-methyl/N-ethyl adjacent to an activating group) is 1. The molecule has 1 atom stereocenters. The molecule has 41 heavy (non-hydrogen) atoms. The van der Waals surface area contributed by atoms with E-state index in [9.17, 15) is 22.8 Å². The van der Waals surface area contributed by atoms with Gasteiger partial charge in [-0.3, -0.25) is 19.4 Å². The predicted octanol–water partition coefficient (Wildman–Crippen LogP) is 3.08. The van der Waals surface area contributed by atoms with Crippen molar-refractivity contribution >= 4 is 35.8 Å². The molecular weight excluding hydrogens is 562 g/mol. The van der Waals surface area contributed by atoms with Crippen LogP contribution in [0.1, 0.15) is 40.9 Å². The lowest BCUT2D eigenvalue weighted by molar-refractivity contribution is -0.138. The monoisotopic (exact) mass is 591 g/mol. The predicted molar refractivity (Wildman–Crippen MR) is 146 cm³/mol. The molecule has 1 unspecified atom stereocenters. The molecule has 1 aliphatic carbocycles. The number of alkyl halides is 3. The maximum Gasteiger partial charge on any atom is 0.419 e. The number of nitrogens with one attached hydrogen (secondary N) is 1. The number of anilines is 2. The van der Waals surface area contributed by atoms with E-state index in [1.165, 1.54) is 18.2 Å². The quantitative estimate of drug-likeness (QED) is 0.394. The molecule has 3 aliphatic rings. The smallest absolute Gasteiger partial charge is 0.351 e. The van der Waals surface area contributed by atoms with Gasteiger partial charge in [-0.2, -0.15) is 18.4 Å². The number of carbonyl (C=O) groups excluding carboxylic acids is 2. The highest BCUT2D eigenvalue weighted by Gasteiger charge is 2.60. The molecule has 1 spiro atoms. The summed E-state index contributed by atoms with van der Waals surface area (Å²) < 4.78 is 56.1. The van der Waals surface area contributed by atoms with Crippen LogP contribution in [0.15, 0.2) is 30.5 Å². The molecule has 9 nitrogen and oxygen atoms in total. The third kappa shape index (κ3) is 5.33. The van der Waals surface area contributed by atoms with Crippen molar-refractivity contribution in [2.45, 2.75) is 36.5 Å². The van der Waals surface area contributed by atoms with Gasteiger partial charge in [0.1, 0.15) is 17.4 Å². The topological polar surface area (TPSA) is 95.8 Å². The molecule has 1 aromatic heterocycles. The summed E-state index contributed by atoms with van der Waals surface area (Å²) in [5, 5.41) is 11.8. The van der Waals surface area contributed by atoms with Gasteiger partial charge >= 0.3 is 6.18 Å². The summed E-state index contributed by atoms with van der Waals surface area (Å²) in [5.41, 5.74) is -4.34. The van der Waals surface area contributed by atoms with Gasteiger partial charge < -0.3 is 15.1 Å². The van der Waals surface area contributed by atoms with Crippen LogP contribution in [0.2, 0.25) is 0 Å². The maximum atomic E-state index is 15.3. The Morgan fingerprint density at radius 1 is 1.20 bits per heavy atom. The highest BCUT2D eigenvalue weighted by molar-refractivity contribution is 7.81. The summed E-state index contributed by atoms with van der Waals surface area (Å²) in [4.78, 5) is 37.1. The largest absolute Gasteiger partial charge is 0.419 e. The minimum atomic E-state index is -4.86. The van der Waals surface area contributed by atoms with E-state index >= 15 is 4.39 Å². The first-order valence-electron chi connectivity index (χ1n) is 13.2. The molecule has 3 fully saturated rings. The fourth-order valence-electron chi connectivity index (χ4n) is 5.59. The average molecular weight is 592 g/mol. The fourth-order valence-corrected chi connectivity index (χ4v) is 6.18. The van der Waals surface area contributed by atoms with Crippen molar-refractivity contribution < 1.29 is 27.2 Å². The number of nitrogens with zero attached hydrogens (tertiary/aromatic N) is 6. The average Bonchev–Trinajstić information content (AvgIpc) is 3.15. The van der Waals surface area contributed by atoms with Crippen molar-refractivity contribution in [1.82, 2.24) is 20.1 Å². The molecule has 1 N–H and O–H groups in total. The van der Waals surface area contributed by atoms with Crippen LogP contribution >= 0.6 is 12.6 Å². The molecular formula is C27H29F4N7O2S. The normalized spacial score (nSPS) is 21.2. The summed E-state index contributed by atoms with van der Waals surface area (Å²) in [6.07, 6.45) is -2.36. The Hall–Kier alpha value is -3.41. The standard InChI is InChI=1S/C27H29F4N7O2S/c1-35-9-11-36(12-10-35)8-7-33-23(39)19-4-3-17(14-21(19)28)38-25(41)37(24(40)26(38)5-2-6-26)18-13-20(27(29,30)31)22(15-32)34-16-18/h3-4,13-14,16,25,41H,2,5-12H2,1H3,(H,33,39). The van der Waals surface area contributed by atoms with E-state index in [0.717, 1.165) is 43.3 Å². The summed E-state index contributed by atoms with van der Waals surface area (Å²) in [5.74, 6) is -1.85. The first-order valence-corrected chi connectivity index (χ1v) is 13.7. The minimum Gasteiger partial charge on any atom is -0.351 e. The Morgan fingerprint density at radius 3 is 2.49 bits per heavy atom. The minimum absolute atomic E-state index is 0.154. The Labute approximate surface area is 240 Å². The zero-order valence-corrected chi connectivity index (χ0v) is 23.2. The number of rotatable bonds is 6. The van der Waals surface area contributed by atoms with Crippen LogP contribution < -0.4 is 15.1 Å². The SMILES string of the molecule is CN1CCN(CCNC(=O)c2ccc(N3C(S)N(c4cnc(C#N)c(C(F)(F)F)c4)C(=O)C34CCC4)cc2F)CC1. The number of halogens is 4. The van der Waals surface area contributed by atoms with Crippen LogP contribution in [-0.2, 0) is 11.0 Å². The third-order valence-corrected chi connectivity index (χ3v) is 8.53. The van der Waals surface area contributed by atoms with E-state index in [0.29, 0.717) is 38.4 Å². The number of hydrogen-bond acceptors (Lipinski definition) is 8. The Kier molecular flexibility index (Phi) is 7.88. The fraction of sp³-hybridized carbons (Fsp3) is 0.481. The number of amides is 2. The van der Waals surface area contributed by atoms with Crippen LogP contribution in [0.4, 0.5) is 28.9 Å². The maximum absolute atomic E-state index is 15.3. The second kappa shape index (κ2) is 11.1. The molecule has 3 heterocycles. The van der Waals surface area contributed by atoms with Crippen LogP contribution in [0, 0.1) is 17.1 Å². The third-order valence-electron chi connectivity index (χ3n) is 8.07. The lowest BCUT2D eigenvalue weighted by atomic mass is 9.75. The number of thiol groups is 1. The number of nitriles is 1. The van der Waals surface area contributed by atoms with Crippen molar-refractivity contribution in [3.8, 4) is 6.07 Å². The van der Waals surface area contributed by atoms with Gasteiger partial charge in [-0.15, -0.1) is 12.6 Å². The molecule has 14 heteroatoms. The highest BCUT2D eigenvalue weighted by atomic mass is 32.1. The van der Waals surface area contributed by atoms with E-state index in [1.54, 1.807) is 4.90 Å². The molecule has 5 rings (SSSR count). The van der Waals surface area contributed by atoms with Crippen LogP contribution in [0.25, 0.3) is 0 Å². The van der Waals surface area contributed by atoms with Crippen molar-refractivity contribution in [2.75, 3.05) is 56.1 Å². The number of carbonyl (C=O) groups is 2. The van der Waals surface area contributed by atoms with Crippen LogP contribution in [0.3, 0.4) is 0 Å². The molecule has 1 saturated carbocycles. The molecule has 218 valence electrons.